The molecular formula is C23H31N3O3S. The molecule has 1 N–H and O–H groups in total. The molecule has 1 aliphatic rings. The molecule has 3 rings (SSSR count). The Morgan fingerprint density at radius 3 is 2.27 bits per heavy atom. The lowest BCUT2D eigenvalue weighted by atomic mass is 10.1. The number of nitrogens with one attached hydrogen (secondary N) is 1. The van der Waals surface area contributed by atoms with E-state index in [1.54, 1.807) is 12.1 Å². The molecule has 2 aromatic carbocycles. The Balaban J connectivity index is 1.54. The number of hydrogen-bond donors (Lipinski definition) is 1. The standard InChI is InChI=1S/C23H31N3O3S/c1-3-7-19-10-12-21(13-11-19)30(28,29)26-16-14-25(15-17-26)18-23(27)24-22-9-6-5-8-20(22)4-2/h5-6,8-13H,3-4,7,14-18H2,1-2H3,(H,24,27). The molecule has 0 bridgehead atoms. The normalized spacial score (nSPS) is 15.8. The van der Waals surface area contributed by atoms with E-state index in [-0.39, 0.29) is 12.5 Å². The van der Waals surface area contributed by atoms with E-state index in [4.69, 9.17) is 0 Å². The number of hydrogen-bond acceptors (Lipinski definition) is 4. The predicted octanol–water partition coefficient (Wildman–Crippen LogP) is 3.15. The molecule has 6 nitrogen and oxygen atoms in total. The molecule has 2 aromatic rings. The molecule has 1 saturated heterocycles. The van der Waals surface area contributed by atoms with Crippen molar-refractivity contribution in [3.63, 3.8) is 0 Å². The highest BCUT2D eigenvalue weighted by atomic mass is 32.2. The highest BCUT2D eigenvalue weighted by Gasteiger charge is 2.29. The molecule has 1 heterocycles. The van der Waals surface area contributed by atoms with Gasteiger partial charge in [0.15, 0.2) is 0 Å². The third kappa shape index (κ3) is 5.47. The van der Waals surface area contributed by atoms with Gasteiger partial charge in [-0.3, -0.25) is 9.69 Å². The number of para-hydroxylation sites is 1. The van der Waals surface area contributed by atoms with Gasteiger partial charge in [-0.15, -0.1) is 0 Å². The highest BCUT2D eigenvalue weighted by molar-refractivity contribution is 7.89. The van der Waals surface area contributed by atoms with Gasteiger partial charge in [-0.25, -0.2) is 8.42 Å². The number of amides is 1. The fraction of sp³-hybridized carbons (Fsp3) is 0.435. The lowest BCUT2D eigenvalue weighted by molar-refractivity contribution is -0.117. The van der Waals surface area contributed by atoms with E-state index in [9.17, 15) is 13.2 Å². The van der Waals surface area contributed by atoms with Crippen molar-refractivity contribution in [3.8, 4) is 0 Å². The second kappa shape index (κ2) is 10.2. The van der Waals surface area contributed by atoms with Gasteiger partial charge in [0.05, 0.1) is 11.4 Å². The Kier molecular flexibility index (Phi) is 7.64. The molecule has 0 unspecified atom stereocenters. The Morgan fingerprint density at radius 2 is 1.63 bits per heavy atom. The lowest BCUT2D eigenvalue weighted by Crippen LogP contribution is -2.50. The molecule has 0 saturated carbocycles. The minimum Gasteiger partial charge on any atom is -0.325 e. The van der Waals surface area contributed by atoms with Gasteiger partial charge >= 0.3 is 0 Å². The molecule has 162 valence electrons. The second-order valence-corrected chi connectivity index (χ2v) is 9.57. The van der Waals surface area contributed by atoms with Crippen molar-refractivity contribution < 1.29 is 13.2 Å². The van der Waals surface area contributed by atoms with Crippen molar-refractivity contribution in [1.29, 1.82) is 0 Å². The van der Waals surface area contributed by atoms with Gasteiger partial charge in [0.2, 0.25) is 15.9 Å². The van der Waals surface area contributed by atoms with Crippen LogP contribution in [0.3, 0.4) is 0 Å². The fourth-order valence-corrected chi connectivity index (χ4v) is 5.16. The quantitative estimate of drug-likeness (QED) is 0.700. The first-order chi connectivity index (χ1) is 14.4. The smallest absolute Gasteiger partial charge is 0.243 e. The summed E-state index contributed by atoms with van der Waals surface area (Å²) in [5.41, 5.74) is 3.10. The molecule has 1 amide bonds. The van der Waals surface area contributed by atoms with Crippen LogP contribution in [0.5, 0.6) is 0 Å². The summed E-state index contributed by atoms with van der Waals surface area (Å²) in [6, 6.07) is 15.0. The van der Waals surface area contributed by atoms with E-state index in [1.807, 2.05) is 41.3 Å². The van der Waals surface area contributed by atoms with Gasteiger partial charge in [-0.05, 0) is 42.2 Å². The number of piperazine rings is 1. The summed E-state index contributed by atoms with van der Waals surface area (Å²) in [5.74, 6) is -0.0706. The third-order valence-corrected chi connectivity index (χ3v) is 7.38. The molecular weight excluding hydrogens is 398 g/mol. The number of aryl methyl sites for hydroxylation is 2. The molecule has 30 heavy (non-hydrogen) atoms. The van der Waals surface area contributed by atoms with Crippen molar-refractivity contribution >= 4 is 21.6 Å². The maximum atomic E-state index is 12.9. The van der Waals surface area contributed by atoms with Gasteiger partial charge in [0.25, 0.3) is 0 Å². The number of carbonyl (C=O) groups is 1. The summed E-state index contributed by atoms with van der Waals surface area (Å²) < 4.78 is 27.4. The van der Waals surface area contributed by atoms with Gasteiger partial charge in [0.1, 0.15) is 0 Å². The SMILES string of the molecule is CCCc1ccc(S(=O)(=O)N2CCN(CC(=O)Nc3ccccc3CC)CC2)cc1. The van der Waals surface area contributed by atoms with Crippen molar-refractivity contribution in [3.05, 3.63) is 59.7 Å². The average Bonchev–Trinajstić information content (AvgIpc) is 2.75. The average molecular weight is 430 g/mol. The highest BCUT2D eigenvalue weighted by Crippen LogP contribution is 2.19. The van der Waals surface area contributed by atoms with Crippen LogP contribution in [0.25, 0.3) is 0 Å². The van der Waals surface area contributed by atoms with Crippen LogP contribution in [0.4, 0.5) is 5.69 Å². The van der Waals surface area contributed by atoms with E-state index >= 15 is 0 Å². The van der Waals surface area contributed by atoms with Crippen LogP contribution in [0.15, 0.2) is 53.4 Å². The van der Waals surface area contributed by atoms with Crippen molar-refractivity contribution in [1.82, 2.24) is 9.21 Å². The predicted molar refractivity (Wildman–Crippen MR) is 120 cm³/mol. The van der Waals surface area contributed by atoms with Crippen molar-refractivity contribution in [2.45, 2.75) is 38.0 Å². The summed E-state index contributed by atoms with van der Waals surface area (Å²) in [4.78, 5) is 14.8. The van der Waals surface area contributed by atoms with Crippen molar-refractivity contribution in [2.75, 3.05) is 38.0 Å². The number of sulfonamides is 1. The van der Waals surface area contributed by atoms with Gasteiger partial charge in [-0.1, -0.05) is 50.6 Å². The third-order valence-electron chi connectivity index (χ3n) is 5.47. The minimum atomic E-state index is -3.50. The summed E-state index contributed by atoms with van der Waals surface area (Å²) in [6.07, 6.45) is 2.84. The van der Waals surface area contributed by atoms with Crippen LogP contribution >= 0.6 is 0 Å². The largest absolute Gasteiger partial charge is 0.325 e. The molecule has 1 aliphatic heterocycles. The van der Waals surface area contributed by atoms with E-state index in [0.29, 0.717) is 31.1 Å². The van der Waals surface area contributed by atoms with Crippen LogP contribution in [0.1, 0.15) is 31.4 Å². The first kappa shape index (κ1) is 22.5. The summed E-state index contributed by atoms with van der Waals surface area (Å²) in [5, 5.41) is 2.98. The first-order valence-corrected chi connectivity index (χ1v) is 12.1. The van der Waals surface area contributed by atoms with Crippen LogP contribution in [0, 0.1) is 0 Å². The lowest BCUT2D eigenvalue weighted by Gasteiger charge is -2.33. The summed E-state index contributed by atoms with van der Waals surface area (Å²) >= 11 is 0. The molecule has 0 atom stereocenters. The first-order valence-electron chi connectivity index (χ1n) is 10.6. The zero-order valence-corrected chi connectivity index (χ0v) is 18.6. The number of anilines is 1. The fourth-order valence-electron chi connectivity index (χ4n) is 3.74. The second-order valence-electron chi connectivity index (χ2n) is 7.63. The number of carbonyl (C=O) groups excluding carboxylic acids is 1. The Morgan fingerprint density at radius 1 is 0.967 bits per heavy atom. The molecule has 0 radical (unpaired) electrons. The molecule has 0 aromatic heterocycles. The van der Waals surface area contributed by atoms with Crippen LogP contribution in [0.2, 0.25) is 0 Å². The minimum absolute atomic E-state index is 0.0706. The van der Waals surface area contributed by atoms with Gasteiger partial charge in [0, 0.05) is 31.9 Å². The molecule has 0 aliphatic carbocycles. The van der Waals surface area contributed by atoms with Crippen LogP contribution < -0.4 is 5.32 Å². The zero-order chi connectivity index (χ0) is 21.6. The molecule has 1 fully saturated rings. The van der Waals surface area contributed by atoms with Crippen LogP contribution in [-0.2, 0) is 27.7 Å². The van der Waals surface area contributed by atoms with E-state index in [0.717, 1.165) is 36.1 Å². The maximum absolute atomic E-state index is 12.9. The van der Waals surface area contributed by atoms with Crippen molar-refractivity contribution in [2.24, 2.45) is 0 Å². The van der Waals surface area contributed by atoms with E-state index < -0.39 is 10.0 Å². The Bertz CT molecular complexity index is 950. The molecule has 0 spiro atoms. The number of rotatable bonds is 8. The Labute approximate surface area is 179 Å². The van der Waals surface area contributed by atoms with Gasteiger partial charge < -0.3 is 5.32 Å². The van der Waals surface area contributed by atoms with E-state index in [2.05, 4.69) is 19.2 Å². The number of nitrogens with zero attached hydrogens (tertiary/aromatic N) is 2. The van der Waals surface area contributed by atoms with Gasteiger partial charge in [-0.2, -0.15) is 4.31 Å². The summed E-state index contributed by atoms with van der Waals surface area (Å²) in [7, 11) is -3.50. The summed E-state index contributed by atoms with van der Waals surface area (Å²) in [6.45, 7) is 6.27. The topological polar surface area (TPSA) is 69.7 Å². The molecule has 7 heteroatoms. The zero-order valence-electron chi connectivity index (χ0n) is 17.8. The maximum Gasteiger partial charge on any atom is 0.243 e. The number of benzene rings is 2. The monoisotopic (exact) mass is 429 g/mol. The van der Waals surface area contributed by atoms with E-state index in [1.165, 1.54) is 4.31 Å². The van der Waals surface area contributed by atoms with Crippen LogP contribution in [-0.4, -0.2) is 56.3 Å². The Hall–Kier alpha value is -2.22.